The highest BCUT2D eigenvalue weighted by Gasteiger charge is 2.30. The molecule has 1 aromatic heterocycles. The maximum absolute atomic E-state index is 12.9. The van der Waals surface area contributed by atoms with Crippen LogP contribution in [0.1, 0.15) is 29.8 Å². The summed E-state index contributed by atoms with van der Waals surface area (Å²) in [6, 6.07) is 15.2. The fraction of sp³-hybridized carbons (Fsp3) is 0.348. The Morgan fingerprint density at radius 3 is 2.45 bits per heavy atom. The molecule has 0 unspecified atom stereocenters. The van der Waals surface area contributed by atoms with Crippen molar-refractivity contribution in [3.05, 3.63) is 65.5 Å². The van der Waals surface area contributed by atoms with E-state index < -0.39 is 10.0 Å². The first-order valence-corrected chi connectivity index (χ1v) is 11.9. The Morgan fingerprint density at radius 1 is 1.06 bits per heavy atom. The molecule has 1 aliphatic rings. The van der Waals surface area contributed by atoms with E-state index in [4.69, 9.17) is 4.74 Å². The van der Waals surface area contributed by atoms with Crippen molar-refractivity contribution in [3.8, 4) is 11.4 Å². The second kappa shape index (κ2) is 8.72. The van der Waals surface area contributed by atoms with Crippen molar-refractivity contribution < 1.29 is 13.2 Å². The molecule has 0 bridgehead atoms. The molecular formula is C23H28N4O3S. The van der Waals surface area contributed by atoms with Gasteiger partial charge in [-0.2, -0.15) is 9.40 Å². The number of nitrogens with one attached hydrogen (secondary N) is 1. The lowest BCUT2D eigenvalue weighted by atomic mass is 10.2. The van der Waals surface area contributed by atoms with Crippen LogP contribution in [0.2, 0.25) is 0 Å². The number of anilines is 1. The first kappa shape index (κ1) is 21.4. The largest absolute Gasteiger partial charge is 0.495 e. The van der Waals surface area contributed by atoms with Crippen molar-refractivity contribution in [1.29, 1.82) is 0 Å². The van der Waals surface area contributed by atoms with E-state index in [1.165, 1.54) is 11.4 Å². The average molecular weight is 441 g/mol. The van der Waals surface area contributed by atoms with Gasteiger partial charge in [0, 0.05) is 42.6 Å². The maximum atomic E-state index is 12.9. The quantitative estimate of drug-likeness (QED) is 0.603. The molecule has 0 spiro atoms. The number of ether oxygens (including phenoxy) is 1. The highest BCUT2D eigenvalue weighted by molar-refractivity contribution is 7.89. The monoisotopic (exact) mass is 440 g/mol. The number of aryl methyl sites for hydroxylation is 1. The molecule has 1 aliphatic heterocycles. The van der Waals surface area contributed by atoms with E-state index in [0.29, 0.717) is 25.4 Å². The predicted molar refractivity (Wildman–Crippen MR) is 121 cm³/mol. The maximum Gasteiger partial charge on any atom is 0.246 e. The third kappa shape index (κ3) is 4.18. The first-order valence-electron chi connectivity index (χ1n) is 10.4. The Bertz CT molecular complexity index is 1170. The van der Waals surface area contributed by atoms with E-state index in [1.54, 1.807) is 18.2 Å². The standard InChI is InChI=1S/C23H28N4O3S/c1-17-21(18(2)27(25-17)20-9-5-4-6-10-20)16-24-19-11-12-23(22(15-19)30-3)31(28,29)26-13-7-8-14-26/h4-6,9-12,15,24H,7-8,13-14,16H2,1-3H3. The van der Waals surface area contributed by atoms with E-state index in [-0.39, 0.29) is 4.90 Å². The summed E-state index contributed by atoms with van der Waals surface area (Å²) < 4.78 is 34.8. The van der Waals surface area contributed by atoms with Gasteiger partial charge in [0.1, 0.15) is 10.6 Å². The Morgan fingerprint density at radius 2 is 1.77 bits per heavy atom. The number of aromatic nitrogens is 2. The van der Waals surface area contributed by atoms with Gasteiger partial charge in [0.05, 0.1) is 18.5 Å². The van der Waals surface area contributed by atoms with Gasteiger partial charge in [0.25, 0.3) is 0 Å². The summed E-state index contributed by atoms with van der Waals surface area (Å²) in [6.45, 7) is 5.75. The normalized spacial score (nSPS) is 14.7. The molecule has 0 amide bonds. The summed E-state index contributed by atoms with van der Waals surface area (Å²) in [5.41, 5.74) is 4.94. The fourth-order valence-electron chi connectivity index (χ4n) is 4.00. The van der Waals surface area contributed by atoms with Gasteiger partial charge in [-0.15, -0.1) is 0 Å². The number of benzene rings is 2. The molecular weight excluding hydrogens is 412 g/mol. The number of nitrogens with zero attached hydrogens (tertiary/aromatic N) is 3. The minimum Gasteiger partial charge on any atom is -0.495 e. The molecule has 1 N–H and O–H groups in total. The van der Waals surface area contributed by atoms with Gasteiger partial charge >= 0.3 is 0 Å². The van der Waals surface area contributed by atoms with Crippen molar-refractivity contribution in [3.63, 3.8) is 0 Å². The molecule has 0 atom stereocenters. The third-order valence-electron chi connectivity index (χ3n) is 5.76. The molecule has 7 nitrogen and oxygen atoms in total. The second-order valence-electron chi connectivity index (χ2n) is 7.73. The van der Waals surface area contributed by atoms with Crippen LogP contribution in [0.25, 0.3) is 5.69 Å². The van der Waals surface area contributed by atoms with Gasteiger partial charge in [-0.25, -0.2) is 13.1 Å². The van der Waals surface area contributed by atoms with Gasteiger partial charge in [-0.05, 0) is 51.0 Å². The molecule has 0 radical (unpaired) electrons. The summed E-state index contributed by atoms with van der Waals surface area (Å²) >= 11 is 0. The molecule has 1 fully saturated rings. The van der Waals surface area contributed by atoms with Gasteiger partial charge in [0.15, 0.2) is 0 Å². The van der Waals surface area contributed by atoms with Crippen LogP contribution in [0.4, 0.5) is 5.69 Å². The second-order valence-corrected chi connectivity index (χ2v) is 9.63. The van der Waals surface area contributed by atoms with Crippen LogP contribution in [0.5, 0.6) is 5.75 Å². The number of para-hydroxylation sites is 1. The number of hydrogen-bond donors (Lipinski definition) is 1. The summed E-state index contributed by atoms with van der Waals surface area (Å²) in [5.74, 6) is 0.352. The van der Waals surface area contributed by atoms with E-state index in [0.717, 1.165) is 41.2 Å². The topological polar surface area (TPSA) is 76.5 Å². The highest BCUT2D eigenvalue weighted by Crippen LogP contribution is 2.31. The molecule has 0 saturated carbocycles. The van der Waals surface area contributed by atoms with Crippen molar-refractivity contribution in [1.82, 2.24) is 14.1 Å². The van der Waals surface area contributed by atoms with Gasteiger partial charge < -0.3 is 10.1 Å². The van der Waals surface area contributed by atoms with Crippen molar-refractivity contribution in [2.45, 2.75) is 38.1 Å². The molecule has 2 aromatic carbocycles. The number of methoxy groups -OCH3 is 1. The van der Waals surface area contributed by atoms with Crippen LogP contribution in [0, 0.1) is 13.8 Å². The Hall–Kier alpha value is -2.84. The molecule has 4 rings (SSSR count). The van der Waals surface area contributed by atoms with E-state index in [2.05, 4.69) is 17.3 Å². The summed E-state index contributed by atoms with van der Waals surface area (Å²) in [4.78, 5) is 0.215. The lowest BCUT2D eigenvalue weighted by Crippen LogP contribution is -2.28. The molecule has 0 aliphatic carbocycles. The van der Waals surface area contributed by atoms with Crippen LogP contribution in [-0.4, -0.2) is 42.7 Å². The highest BCUT2D eigenvalue weighted by atomic mass is 32.2. The van der Waals surface area contributed by atoms with E-state index in [1.807, 2.05) is 41.9 Å². The van der Waals surface area contributed by atoms with Gasteiger partial charge in [-0.3, -0.25) is 0 Å². The van der Waals surface area contributed by atoms with Crippen LogP contribution < -0.4 is 10.1 Å². The number of hydrogen-bond acceptors (Lipinski definition) is 5. The summed E-state index contributed by atoms with van der Waals surface area (Å²) in [6.07, 6.45) is 1.80. The Balaban J connectivity index is 1.55. The average Bonchev–Trinajstić information content (AvgIpc) is 3.42. The minimum absolute atomic E-state index is 0.215. The molecule has 1 saturated heterocycles. The Kier molecular flexibility index (Phi) is 6.02. The Labute approximate surface area is 183 Å². The zero-order valence-corrected chi connectivity index (χ0v) is 18.9. The van der Waals surface area contributed by atoms with Crippen molar-refractivity contribution in [2.75, 3.05) is 25.5 Å². The summed E-state index contributed by atoms with van der Waals surface area (Å²) in [5, 5.41) is 8.07. The lowest BCUT2D eigenvalue weighted by molar-refractivity contribution is 0.398. The van der Waals surface area contributed by atoms with Crippen LogP contribution in [-0.2, 0) is 16.6 Å². The van der Waals surface area contributed by atoms with Crippen LogP contribution in [0.15, 0.2) is 53.4 Å². The van der Waals surface area contributed by atoms with E-state index >= 15 is 0 Å². The molecule has 164 valence electrons. The molecule has 3 aromatic rings. The van der Waals surface area contributed by atoms with E-state index in [9.17, 15) is 8.42 Å². The molecule has 8 heteroatoms. The third-order valence-corrected chi connectivity index (χ3v) is 7.70. The minimum atomic E-state index is -3.54. The van der Waals surface area contributed by atoms with Crippen molar-refractivity contribution >= 4 is 15.7 Å². The van der Waals surface area contributed by atoms with Crippen molar-refractivity contribution in [2.24, 2.45) is 0 Å². The predicted octanol–water partition coefficient (Wildman–Crippen LogP) is 3.89. The van der Waals surface area contributed by atoms with Crippen LogP contribution >= 0.6 is 0 Å². The zero-order valence-electron chi connectivity index (χ0n) is 18.1. The summed E-state index contributed by atoms with van der Waals surface area (Å²) in [7, 11) is -2.04. The van der Waals surface area contributed by atoms with Gasteiger partial charge in [-0.1, -0.05) is 18.2 Å². The fourth-order valence-corrected chi connectivity index (χ4v) is 5.65. The molecule has 31 heavy (non-hydrogen) atoms. The number of sulfonamides is 1. The smallest absolute Gasteiger partial charge is 0.246 e. The first-order chi connectivity index (χ1) is 14.9. The zero-order chi connectivity index (χ0) is 22.0. The molecule has 2 heterocycles. The van der Waals surface area contributed by atoms with Crippen LogP contribution in [0.3, 0.4) is 0 Å². The SMILES string of the molecule is COc1cc(NCc2c(C)nn(-c3ccccc3)c2C)ccc1S(=O)(=O)N1CCCC1. The lowest BCUT2D eigenvalue weighted by Gasteiger charge is -2.18. The van der Waals surface area contributed by atoms with Gasteiger partial charge in [0.2, 0.25) is 10.0 Å². The number of rotatable bonds is 7.